The minimum Gasteiger partial charge on any atom is -0.339 e. The highest BCUT2D eigenvalue weighted by Gasteiger charge is 2.15. The molecule has 6 nitrogen and oxygen atoms in total. The molecule has 27 heavy (non-hydrogen) atoms. The van der Waals surface area contributed by atoms with Gasteiger partial charge in [0.25, 0.3) is 5.69 Å². The summed E-state index contributed by atoms with van der Waals surface area (Å²) in [6, 6.07) is 12.7. The van der Waals surface area contributed by atoms with Crippen molar-refractivity contribution in [1.82, 2.24) is 9.97 Å². The van der Waals surface area contributed by atoms with E-state index in [1.807, 2.05) is 0 Å². The highest BCUT2D eigenvalue weighted by molar-refractivity contribution is 7.17. The standard InChI is InChI=1S/C20H16N4O2S/c1-12-6-7-14(8-13(12)2)17-10-27-20-18(17)19(21-11-22-20)23-15-4-3-5-16(9-15)24(25)26/h3-11H,1-2H3,(H,21,22,23). The van der Waals surface area contributed by atoms with Gasteiger partial charge >= 0.3 is 0 Å². The molecule has 0 fully saturated rings. The van der Waals surface area contributed by atoms with Crippen molar-refractivity contribution in [3.63, 3.8) is 0 Å². The summed E-state index contributed by atoms with van der Waals surface area (Å²) in [4.78, 5) is 20.2. The predicted octanol–water partition coefficient (Wildman–Crippen LogP) is 5.63. The third-order valence-corrected chi connectivity index (χ3v) is 5.39. The first-order valence-corrected chi connectivity index (χ1v) is 9.22. The molecular weight excluding hydrogens is 360 g/mol. The first-order chi connectivity index (χ1) is 13.0. The lowest BCUT2D eigenvalue weighted by atomic mass is 10.0. The van der Waals surface area contributed by atoms with E-state index in [0.29, 0.717) is 11.5 Å². The molecule has 0 bridgehead atoms. The van der Waals surface area contributed by atoms with Gasteiger partial charge in [0.1, 0.15) is 17.0 Å². The Morgan fingerprint density at radius 3 is 2.70 bits per heavy atom. The van der Waals surface area contributed by atoms with Gasteiger partial charge in [-0.15, -0.1) is 11.3 Å². The first kappa shape index (κ1) is 17.1. The van der Waals surface area contributed by atoms with E-state index in [9.17, 15) is 10.1 Å². The Kier molecular flexibility index (Phi) is 4.29. The number of thiophene rings is 1. The molecule has 0 aliphatic heterocycles. The highest BCUT2D eigenvalue weighted by atomic mass is 32.1. The SMILES string of the molecule is Cc1ccc(-c2csc3ncnc(Nc4cccc([N+](=O)[O-])c4)c23)cc1C. The second kappa shape index (κ2) is 6.77. The van der Waals surface area contributed by atoms with Gasteiger partial charge in [-0.1, -0.05) is 24.3 Å². The lowest BCUT2D eigenvalue weighted by Crippen LogP contribution is -1.97. The number of non-ortho nitro benzene ring substituents is 1. The zero-order valence-electron chi connectivity index (χ0n) is 14.8. The zero-order chi connectivity index (χ0) is 19.0. The number of hydrogen-bond donors (Lipinski definition) is 1. The van der Waals surface area contributed by atoms with Gasteiger partial charge in [0.05, 0.1) is 10.3 Å². The maximum Gasteiger partial charge on any atom is 0.271 e. The van der Waals surface area contributed by atoms with Crippen molar-refractivity contribution in [2.24, 2.45) is 0 Å². The van der Waals surface area contributed by atoms with Crippen molar-refractivity contribution in [3.8, 4) is 11.1 Å². The van der Waals surface area contributed by atoms with Crippen molar-refractivity contribution in [3.05, 3.63) is 75.4 Å². The lowest BCUT2D eigenvalue weighted by Gasteiger charge is -2.09. The van der Waals surface area contributed by atoms with Gasteiger partial charge in [0, 0.05) is 28.8 Å². The summed E-state index contributed by atoms with van der Waals surface area (Å²) < 4.78 is 0. The van der Waals surface area contributed by atoms with Gasteiger partial charge in [-0.3, -0.25) is 10.1 Å². The molecule has 1 N–H and O–H groups in total. The van der Waals surface area contributed by atoms with Crippen LogP contribution < -0.4 is 5.32 Å². The molecule has 4 rings (SSSR count). The number of fused-ring (bicyclic) bond motifs is 1. The summed E-state index contributed by atoms with van der Waals surface area (Å²) in [6.45, 7) is 4.18. The average Bonchev–Trinajstić information content (AvgIpc) is 3.09. The maximum atomic E-state index is 11.0. The fraction of sp³-hybridized carbons (Fsp3) is 0.100. The number of nitrogens with zero attached hydrogens (tertiary/aromatic N) is 3. The smallest absolute Gasteiger partial charge is 0.271 e. The summed E-state index contributed by atoms with van der Waals surface area (Å²) in [6.07, 6.45) is 1.50. The molecule has 0 aliphatic carbocycles. The fourth-order valence-corrected chi connectivity index (χ4v) is 3.84. The van der Waals surface area contributed by atoms with Crippen molar-refractivity contribution >= 4 is 38.7 Å². The Morgan fingerprint density at radius 1 is 1.07 bits per heavy atom. The Balaban J connectivity index is 1.82. The maximum absolute atomic E-state index is 11.0. The molecule has 134 valence electrons. The first-order valence-electron chi connectivity index (χ1n) is 8.34. The van der Waals surface area contributed by atoms with Gasteiger partial charge in [-0.2, -0.15) is 0 Å². The number of nitro benzene ring substituents is 1. The van der Waals surface area contributed by atoms with E-state index in [1.165, 1.54) is 29.6 Å². The van der Waals surface area contributed by atoms with Crippen LogP contribution in [0.4, 0.5) is 17.2 Å². The molecule has 2 heterocycles. The summed E-state index contributed by atoms with van der Waals surface area (Å²) in [5.41, 5.74) is 5.25. The minimum atomic E-state index is -0.411. The second-order valence-electron chi connectivity index (χ2n) is 6.28. The van der Waals surface area contributed by atoms with Crippen LogP contribution in [0.2, 0.25) is 0 Å². The van der Waals surface area contributed by atoms with E-state index in [0.717, 1.165) is 21.3 Å². The normalized spacial score (nSPS) is 10.9. The van der Waals surface area contributed by atoms with E-state index in [1.54, 1.807) is 23.5 Å². The third kappa shape index (κ3) is 3.24. The number of hydrogen-bond acceptors (Lipinski definition) is 6. The molecule has 0 unspecified atom stereocenters. The van der Waals surface area contributed by atoms with Crippen molar-refractivity contribution < 1.29 is 4.92 Å². The van der Waals surface area contributed by atoms with Crippen molar-refractivity contribution in [2.45, 2.75) is 13.8 Å². The number of benzene rings is 2. The van der Waals surface area contributed by atoms with E-state index < -0.39 is 4.92 Å². The topological polar surface area (TPSA) is 81.0 Å². The van der Waals surface area contributed by atoms with Gasteiger partial charge in [0.15, 0.2) is 0 Å². The number of nitro groups is 1. The molecule has 0 spiro atoms. The Morgan fingerprint density at radius 2 is 1.93 bits per heavy atom. The molecule has 7 heteroatoms. The summed E-state index contributed by atoms with van der Waals surface area (Å²) in [5, 5.41) is 17.2. The van der Waals surface area contributed by atoms with Crippen LogP contribution in [-0.4, -0.2) is 14.9 Å². The van der Waals surface area contributed by atoms with Gasteiger partial charge in [0.2, 0.25) is 0 Å². The molecule has 0 saturated carbocycles. The number of aromatic nitrogens is 2. The van der Waals surface area contributed by atoms with Crippen LogP contribution in [0, 0.1) is 24.0 Å². The molecule has 0 atom stereocenters. The number of rotatable bonds is 4. The van der Waals surface area contributed by atoms with Gasteiger partial charge < -0.3 is 5.32 Å². The van der Waals surface area contributed by atoms with Crippen LogP contribution in [0.25, 0.3) is 21.3 Å². The summed E-state index contributed by atoms with van der Waals surface area (Å²) in [5.74, 6) is 0.634. The third-order valence-electron chi connectivity index (χ3n) is 4.51. The molecular formula is C20H16N4O2S. The predicted molar refractivity (Wildman–Crippen MR) is 109 cm³/mol. The van der Waals surface area contributed by atoms with Crippen LogP contribution in [-0.2, 0) is 0 Å². The number of nitrogens with one attached hydrogen (secondary N) is 1. The van der Waals surface area contributed by atoms with Gasteiger partial charge in [-0.05, 0) is 36.6 Å². The van der Waals surface area contributed by atoms with E-state index in [-0.39, 0.29) is 5.69 Å². The van der Waals surface area contributed by atoms with Crippen LogP contribution in [0.5, 0.6) is 0 Å². The molecule has 0 radical (unpaired) electrons. The van der Waals surface area contributed by atoms with E-state index in [4.69, 9.17) is 0 Å². The van der Waals surface area contributed by atoms with E-state index in [2.05, 4.69) is 52.7 Å². The van der Waals surface area contributed by atoms with Crippen LogP contribution in [0.3, 0.4) is 0 Å². The largest absolute Gasteiger partial charge is 0.339 e. The second-order valence-corrected chi connectivity index (χ2v) is 7.14. The average molecular weight is 376 g/mol. The zero-order valence-corrected chi connectivity index (χ0v) is 15.6. The van der Waals surface area contributed by atoms with E-state index >= 15 is 0 Å². The van der Waals surface area contributed by atoms with Crippen LogP contribution >= 0.6 is 11.3 Å². The lowest BCUT2D eigenvalue weighted by molar-refractivity contribution is -0.384. The Bertz CT molecular complexity index is 1170. The monoisotopic (exact) mass is 376 g/mol. The highest BCUT2D eigenvalue weighted by Crippen LogP contribution is 2.38. The molecule has 4 aromatic rings. The quantitative estimate of drug-likeness (QED) is 0.369. The molecule has 2 aromatic heterocycles. The summed E-state index contributed by atoms with van der Waals surface area (Å²) >= 11 is 1.55. The summed E-state index contributed by atoms with van der Waals surface area (Å²) in [7, 11) is 0. The van der Waals surface area contributed by atoms with Crippen LogP contribution in [0.15, 0.2) is 54.2 Å². The minimum absolute atomic E-state index is 0.0324. The Labute approximate surface area is 159 Å². The molecule has 0 saturated heterocycles. The van der Waals surface area contributed by atoms with Crippen molar-refractivity contribution in [2.75, 3.05) is 5.32 Å². The number of anilines is 2. The van der Waals surface area contributed by atoms with Crippen LogP contribution in [0.1, 0.15) is 11.1 Å². The molecule has 2 aromatic carbocycles. The van der Waals surface area contributed by atoms with Crippen molar-refractivity contribution in [1.29, 1.82) is 0 Å². The Hall–Kier alpha value is -3.32. The fourth-order valence-electron chi connectivity index (χ4n) is 2.93. The van der Waals surface area contributed by atoms with Gasteiger partial charge in [-0.25, -0.2) is 9.97 Å². The number of aryl methyl sites for hydroxylation is 2. The molecule has 0 amide bonds. The molecule has 0 aliphatic rings.